The number of benzene rings is 2. The highest BCUT2D eigenvalue weighted by atomic mass is 19.2. The third kappa shape index (κ3) is 7.14. The third-order valence-corrected chi connectivity index (χ3v) is 9.73. The van der Waals surface area contributed by atoms with Gasteiger partial charge in [0.25, 0.3) is 0 Å². The highest BCUT2D eigenvalue weighted by Gasteiger charge is 2.38. The van der Waals surface area contributed by atoms with E-state index in [2.05, 4.69) is 16.2 Å². The van der Waals surface area contributed by atoms with Crippen LogP contribution in [0.25, 0.3) is 28.0 Å². The number of piperidine rings is 1. The average Bonchev–Trinajstić information content (AvgIpc) is 3.52. The van der Waals surface area contributed by atoms with Gasteiger partial charge in [0.05, 0.1) is 36.7 Å². The van der Waals surface area contributed by atoms with Crippen LogP contribution in [0.1, 0.15) is 76.7 Å². The number of methoxy groups -OCH3 is 1. The van der Waals surface area contributed by atoms with Gasteiger partial charge in [-0.2, -0.15) is 0 Å². The van der Waals surface area contributed by atoms with E-state index in [0.29, 0.717) is 42.9 Å². The molecule has 0 aliphatic carbocycles. The fourth-order valence-corrected chi connectivity index (χ4v) is 6.84. The summed E-state index contributed by atoms with van der Waals surface area (Å²) in [6.07, 6.45) is 6.76. The Morgan fingerprint density at radius 3 is 2.44 bits per heavy atom. The molecule has 3 aliphatic heterocycles. The Labute approximate surface area is 293 Å². The van der Waals surface area contributed by atoms with Crippen LogP contribution in [0.3, 0.4) is 0 Å². The number of anilines is 1. The molecule has 7 rings (SSSR count). The zero-order valence-electron chi connectivity index (χ0n) is 30.2. The number of pyridine rings is 1. The first kappa shape index (κ1) is 35.5. The van der Waals surface area contributed by atoms with E-state index in [1.54, 1.807) is 0 Å². The minimum atomic E-state index is -0.985. The maximum atomic E-state index is 14.7. The maximum absolute atomic E-state index is 14.7. The molecule has 1 saturated heterocycles. The molecule has 8 nitrogen and oxygen atoms in total. The van der Waals surface area contributed by atoms with Crippen molar-refractivity contribution in [2.45, 2.75) is 91.1 Å². The van der Waals surface area contributed by atoms with E-state index in [4.69, 9.17) is 23.9 Å². The number of imidazole rings is 1. The van der Waals surface area contributed by atoms with Crippen LogP contribution in [0.5, 0.6) is 5.75 Å². The van der Waals surface area contributed by atoms with Crippen LogP contribution in [-0.4, -0.2) is 59.5 Å². The third-order valence-electron chi connectivity index (χ3n) is 9.73. The molecule has 0 unspecified atom stereocenters. The van der Waals surface area contributed by atoms with Crippen molar-refractivity contribution in [1.29, 1.82) is 0 Å². The van der Waals surface area contributed by atoms with Crippen LogP contribution >= 0.6 is 0 Å². The van der Waals surface area contributed by atoms with Gasteiger partial charge in [-0.3, -0.25) is 4.40 Å². The molecule has 0 N–H and O–H groups in total. The van der Waals surface area contributed by atoms with E-state index in [1.165, 1.54) is 13.2 Å². The summed E-state index contributed by atoms with van der Waals surface area (Å²) in [4.78, 5) is 21.0. The van der Waals surface area contributed by atoms with Crippen molar-refractivity contribution < 1.29 is 32.5 Å². The minimum Gasteiger partial charge on any atom is -0.490 e. The zero-order valence-corrected chi connectivity index (χ0v) is 30.2. The van der Waals surface area contributed by atoms with Gasteiger partial charge in [-0.25, -0.2) is 18.6 Å². The summed E-state index contributed by atoms with van der Waals surface area (Å²) >= 11 is 0. The number of carbonyl (C=O) groups excluding carboxylic acids is 1. The maximum Gasteiger partial charge on any atom is 0.339 e. The Hall–Kier alpha value is -4.28. The summed E-state index contributed by atoms with van der Waals surface area (Å²) in [6.45, 7) is 15.6. The van der Waals surface area contributed by atoms with E-state index < -0.39 is 29.3 Å². The van der Waals surface area contributed by atoms with Crippen LogP contribution in [0, 0.1) is 25.5 Å². The van der Waals surface area contributed by atoms with Gasteiger partial charge in [-0.05, 0) is 90.1 Å². The summed E-state index contributed by atoms with van der Waals surface area (Å²) in [5.41, 5.74) is 4.84. The van der Waals surface area contributed by atoms with Gasteiger partial charge in [0.15, 0.2) is 17.7 Å². The van der Waals surface area contributed by atoms with E-state index in [1.807, 2.05) is 84.2 Å². The van der Waals surface area contributed by atoms with E-state index in [-0.39, 0.29) is 17.5 Å². The number of hydrogen-bond acceptors (Lipinski definition) is 7. The van der Waals surface area contributed by atoms with Crippen molar-refractivity contribution in [3.8, 4) is 28.1 Å². The molecule has 10 heteroatoms. The molecule has 3 aliphatic rings. The monoisotopic (exact) mass is 687 g/mol. The standard InChI is InChI=1S/C40H47F2N3O5/c1-24-12-9-10-19-48-40(7)15-17-44(18-16-40)37-34(35(38(46)47-8)50-39(4,5)6)25(2)26(3)36-43-32(23-45(36)37)28-14-11-13-27(20-28)29-21-30(41)31(42)22-33(29)49-24/h9-11,13-14,20-24,35H,12,15-19H2,1-8H3/t24-,35-/m0/s1. The molecule has 4 aromatic rings. The van der Waals surface area contributed by atoms with Crippen molar-refractivity contribution in [1.82, 2.24) is 9.38 Å². The first-order valence-electron chi connectivity index (χ1n) is 17.3. The molecule has 6 bridgehead atoms. The van der Waals surface area contributed by atoms with Gasteiger partial charge < -0.3 is 23.8 Å². The molecule has 1 fully saturated rings. The topological polar surface area (TPSA) is 74.5 Å². The quantitative estimate of drug-likeness (QED) is 0.158. The lowest BCUT2D eigenvalue weighted by molar-refractivity contribution is -0.164. The zero-order chi connectivity index (χ0) is 36.0. The Kier molecular flexibility index (Phi) is 9.81. The van der Waals surface area contributed by atoms with E-state index in [9.17, 15) is 13.6 Å². The number of ether oxygens (including phenoxy) is 4. The summed E-state index contributed by atoms with van der Waals surface area (Å²) in [7, 11) is 1.38. The molecule has 2 aromatic heterocycles. The summed E-state index contributed by atoms with van der Waals surface area (Å²) in [6, 6.07) is 9.87. The average molecular weight is 688 g/mol. The predicted octanol–water partition coefficient (Wildman–Crippen LogP) is 8.70. The molecular formula is C40H47F2N3O5. The molecule has 2 atom stereocenters. The molecule has 2 aromatic carbocycles. The molecule has 266 valence electrons. The Morgan fingerprint density at radius 2 is 1.74 bits per heavy atom. The molecule has 5 heterocycles. The number of esters is 1. The number of hydrogen-bond donors (Lipinski definition) is 0. The van der Waals surface area contributed by atoms with Gasteiger partial charge in [0, 0.05) is 48.5 Å². The molecule has 0 spiro atoms. The van der Waals surface area contributed by atoms with Crippen molar-refractivity contribution in [3.05, 3.63) is 83.1 Å². The summed E-state index contributed by atoms with van der Waals surface area (Å²) in [5.74, 6) is -1.33. The molecule has 0 saturated carbocycles. The van der Waals surface area contributed by atoms with Gasteiger partial charge in [0.2, 0.25) is 0 Å². The first-order chi connectivity index (χ1) is 23.7. The predicted molar refractivity (Wildman–Crippen MR) is 191 cm³/mol. The SMILES string of the molecule is COC(=O)[C@@H](OC(C)(C)C)c1c(C)c(C)c2nc3cn2c1N1CCC(C)(CC1)OCC=CC[C@H](C)Oc1cc(F)c(F)cc1-c1cccc-3c1. The second-order valence-electron chi connectivity index (χ2n) is 14.7. The van der Waals surface area contributed by atoms with Crippen molar-refractivity contribution in [2.75, 3.05) is 31.7 Å². The Balaban J connectivity index is 1.59. The number of rotatable bonds is 3. The molecular weight excluding hydrogens is 640 g/mol. The molecule has 50 heavy (non-hydrogen) atoms. The van der Waals surface area contributed by atoms with Gasteiger partial charge in [-0.1, -0.05) is 30.4 Å². The van der Waals surface area contributed by atoms with Gasteiger partial charge >= 0.3 is 5.97 Å². The van der Waals surface area contributed by atoms with Crippen LogP contribution < -0.4 is 9.64 Å². The van der Waals surface area contributed by atoms with Crippen LogP contribution in [-0.2, 0) is 19.0 Å². The Morgan fingerprint density at radius 1 is 1.04 bits per heavy atom. The fraction of sp³-hybridized carbons (Fsp3) is 0.450. The number of carbonyl (C=O) groups is 1. The normalized spacial score (nSPS) is 20.4. The number of fused-ring (bicyclic) bond motifs is 7. The van der Waals surface area contributed by atoms with Crippen molar-refractivity contribution in [2.24, 2.45) is 0 Å². The lowest BCUT2D eigenvalue weighted by Gasteiger charge is -2.42. The van der Waals surface area contributed by atoms with Crippen LogP contribution in [0.4, 0.5) is 14.6 Å². The number of aromatic nitrogens is 2. The fourth-order valence-electron chi connectivity index (χ4n) is 6.84. The minimum absolute atomic E-state index is 0.256. The smallest absolute Gasteiger partial charge is 0.339 e. The van der Waals surface area contributed by atoms with Gasteiger partial charge in [-0.15, -0.1) is 0 Å². The number of halogens is 2. The lowest BCUT2D eigenvalue weighted by atomic mass is 9.92. The first-order valence-corrected chi connectivity index (χ1v) is 17.3. The molecule has 0 amide bonds. The second-order valence-corrected chi connectivity index (χ2v) is 14.7. The summed E-state index contributed by atoms with van der Waals surface area (Å²) < 4.78 is 55.8. The lowest BCUT2D eigenvalue weighted by Crippen LogP contribution is -2.45. The van der Waals surface area contributed by atoms with Crippen molar-refractivity contribution in [3.63, 3.8) is 0 Å². The highest BCUT2D eigenvalue weighted by molar-refractivity contribution is 5.82. The molecule has 0 radical (unpaired) electrons. The number of aryl methyl sites for hydroxylation is 1. The van der Waals surface area contributed by atoms with Crippen LogP contribution in [0.2, 0.25) is 0 Å². The highest BCUT2D eigenvalue weighted by Crippen LogP contribution is 2.42. The number of nitrogens with zero attached hydrogens (tertiary/aromatic N) is 3. The van der Waals surface area contributed by atoms with Crippen molar-refractivity contribution >= 4 is 17.4 Å². The van der Waals surface area contributed by atoms with E-state index in [0.717, 1.165) is 52.6 Å². The van der Waals surface area contributed by atoms with E-state index >= 15 is 0 Å². The summed E-state index contributed by atoms with van der Waals surface area (Å²) in [5, 5.41) is 0. The second kappa shape index (κ2) is 13.8. The Bertz CT molecular complexity index is 1940. The largest absolute Gasteiger partial charge is 0.490 e. The van der Waals surface area contributed by atoms with Crippen LogP contribution in [0.15, 0.2) is 54.7 Å². The van der Waals surface area contributed by atoms with Gasteiger partial charge in [0.1, 0.15) is 17.2 Å².